The number of aliphatic imine (C=N–C) groups is 1. The van der Waals surface area contributed by atoms with Crippen LogP contribution < -0.4 is 11.1 Å². The first-order valence-corrected chi connectivity index (χ1v) is 11.6. The molecule has 5 nitrogen and oxygen atoms in total. The van der Waals surface area contributed by atoms with Crippen molar-refractivity contribution in [2.75, 3.05) is 12.3 Å². The van der Waals surface area contributed by atoms with Crippen LogP contribution in [0.3, 0.4) is 0 Å². The number of furan rings is 1. The van der Waals surface area contributed by atoms with Gasteiger partial charge in [0.15, 0.2) is 5.17 Å². The van der Waals surface area contributed by atoms with Gasteiger partial charge in [0.25, 0.3) is 5.91 Å². The predicted molar refractivity (Wildman–Crippen MR) is 136 cm³/mol. The van der Waals surface area contributed by atoms with Crippen molar-refractivity contribution in [1.82, 2.24) is 5.32 Å². The van der Waals surface area contributed by atoms with Gasteiger partial charge < -0.3 is 15.5 Å². The molecule has 1 aliphatic rings. The number of benzene rings is 1. The highest BCUT2D eigenvalue weighted by Gasteiger charge is 2.30. The number of nitrogens with one attached hydrogen (secondary N) is 1. The van der Waals surface area contributed by atoms with E-state index in [4.69, 9.17) is 10.2 Å². The smallest absolute Gasteiger partial charge is 0.251 e. The Bertz CT molecular complexity index is 930. The third-order valence-electron chi connectivity index (χ3n) is 4.80. The molecule has 31 heavy (non-hydrogen) atoms. The van der Waals surface area contributed by atoms with Crippen molar-refractivity contribution in [3.8, 4) is 0 Å². The topological polar surface area (TPSA) is 80.6 Å². The number of thioether (sulfide) groups is 1. The van der Waals surface area contributed by atoms with Crippen LogP contribution in [0.2, 0.25) is 0 Å². The Kier molecular flexibility index (Phi) is 11.5. The predicted octanol–water partition coefficient (Wildman–Crippen LogP) is 6.09. The Morgan fingerprint density at radius 1 is 1.35 bits per heavy atom. The highest BCUT2D eigenvalue weighted by atomic mass is 32.2. The number of nitrogens with zero attached hydrogens (tertiary/aromatic N) is 1. The third kappa shape index (κ3) is 7.47. The number of carbonyl (C=O) groups is 1. The van der Waals surface area contributed by atoms with Crippen molar-refractivity contribution in [2.24, 2.45) is 10.7 Å². The zero-order valence-corrected chi connectivity index (χ0v) is 19.9. The van der Waals surface area contributed by atoms with E-state index in [9.17, 15) is 4.79 Å². The molecule has 2 aromatic rings. The number of allylic oxidation sites excluding steroid dienone is 2. The Morgan fingerprint density at radius 3 is 2.77 bits per heavy atom. The number of rotatable bonds is 6. The van der Waals surface area contributed by atoms with E-state index in [0.717, 1.165) is 29.6 Å². The number of fused-ring (bicyclic) bond motifs is 1. The van der Waals surface area contributed by atoms with Crippen molar-refractivity contribution in [1.29, 1.82) is 0 Å². The largest absolute Gasteiger partial charge is 0.464 e. The molecule has 0 spiro atoms. The molecule has 0 radical (unpaired) electrons. The Morgan fingerprint density at radius 2 is 2.10 bits per heavy atom. The lowest BCUT2D eigenvalue weighted by molar-refractivity contribution is 0.0958. The molecule has 6 heteroatoms. The Hall–Kier alpha value is -2.73. The van der Waals surface area contributed by atoms with Crippen LogP contribution >= 0.6 is 11.8 Å². The van der Waals surface area contributed by atoms with Crippen LogP contribution in [-0.4, -0.2) is 28.9 Å². The van der Waals surface area contributed by atoms with Crippen LogP contribution in [0.4, 0.5) is 0 Å². The maximum absolute atomic E-state index is 12.3. The minimum Gasteiger partial charge on any atom is -0.464 e. The molecule has 1 aliphatic heterocycles. The maximum atomic E-state index is 12.3. The standard InChI is InChI=1S/C21H25N3O2S.C2H6.C2H4/c1-3-17(21(2)10-13-27-20(22)24-21)6-4-5-11-23-19(25)16-7-8-18-15(14-16)9-12-26-18;2*1-2/h4-9,12,14H,3,10-11,13H2,1-2H3,(H2,22,24)(H,23,25);1-2H3;1-2H2/b5-4-,17-6+;;. The Labute approximate surface area is 190 Å². The van der Waals surface area contributed by atoms with E-state index in [1.165, 1.54) is 5.57 Å². The fraction of sp³-hybridized carbons (Fsp3) is 0.360. The van der Waals surface area contributed by atoms with E-state index >= 15 is 0 Å². The highest BCUT2D eigenvalue weighted by Crippen LogP contribution is 2.33. The summed E-state index contributed by atoms with van der Waals surface area (Å²) in [6.07, 6.45) is 9.54. The van der Waals surface area contributed by atoms with Gasteiger partial charge in [0.2, 0.25) is 0 Å². The van der Waals surface area contributed by atoms with Crippen LogP contribution in [0.1, 0.15) is 50.9 Å². The minimum atomic E-state index is -0.225. The average molecular weight is 442 g/mol. The Balaban J connectivity index is 0.00000113. The lowest BCUT2D eigenvalue weighted by Gasteiger charge is -2.31. The lowest BCUT2D eigenvalue weighted by atomic mass is 9.87. The van der Waals surface area contributed by atoms with Gasteiger partial charge in [0.05, 0.1) is 11.8 Å². The molecule has 0 saturated heterocycles. The first-order chi connectivity index (χ1) is 15.0. The maximum Gasteiger partial charge on any atom is 0.251 e. The minimum absolute atomic E-state index is 0.101. The number of amides is 1. The molecule has 0 bridgehead atoms. The fourth-order valence-corrected chi connectivity index (χ4v) is 4.18. The van der Waals surface area contributed by atoms with Crippen molar-refractivity contribution in [3.63, 3.8) is 0 Å². The van der Waals surface area contributed by atoms with E-state index in [-0.39, 0.29) is 11.4 Å². The van der Waals surface area contributed by atoms with Gasteiger partial charge in [-0.2, -0.15) is 0 Å². The molecule has 1 aromatic carbocycles. The quantitative estimate of drug-likeness (QED) is 0.420. The summed E-state index contributed by atoms with van der Waals surface area (Å²) in [7, 11) is 0. The molecule has 1 atom stereocenters. The van der Waals surface area contributed by atoms with E-state index < -0.39 is 0 Å². The second kappa shape index (κ2) is 13.5. The average Bonchev–Trinajstić information content (AvgIpc) is 3.26. The van der Waals surface area contributed by atoms with Gasteiger partial charge in [-0.3, -0.25) is 9.79 Å². The van der Waals surface area contributed by atoms with Crippen molar-refractivity contribution < 1.29 is 9.21 Å². The van der Waals surface area contributed by atoms with Crippen LogP contribution in [0.15, 0.2) is 76.9 Å². The van der Waals surface area contributed by atoms with E-state index in [2.05, 4.69) is 43.4 Å². The first kappa shape index (κ1) is 26.3. The van der Waals surface area contributed by atoms with Crippen LogP contribution in [0.25, 0.3) is 11.0 Å². The lowest BCUT2D eigenvalue weighted by Crippen LogP contribution is -2.32. The molecular weight excluding hydrogens is 406 g/mol. The molecule has 168 valence electrons. The summed E-state index contributed by atoms with van der Waals surface area (Å²) in [4.78, 5) is 16.9. The molecule has 0 fully saturated rings. The zero-order valence-electron chi connectivity index (χ0n) is 19.1. The molecule has 3 N–H and O–H groups in total. The molecule has 0 saturated carbocycles. The summed E-state index contributed by atoms with van der Waals surface area (Å²) < 4.78 is 5.30. The summed E-state index contributed by atoms with van der Waals surface area (Å²) in [6.45, 7) is 14.7. The van der Waals surface area contributed by atoms with E-state index in [1.54, 1.807) is 24.1 Å². The molecule has 0 aliphatic carbocycles. The van der Waals surface area contributed by atoms with Gasteiger partial charge in [0, 0.05) is 23.2 Å². The summed E-state index contributed by atoms with van der Waals surface area (Å²) >= 11 is 1.61. The molecule has 2 heterocycles. The normalized spacial score (nSPS) is 18.5. The number of hydrogen-bond acceptors (Lipinski definition) is 5. The van der Waals surface area contributed by atoms with Crippen LogP contribution in [-0.2, 0) is 0 Å². The zero-order chi connectivity index (χ0) is 23.3. The molecule has 1 amide bonds. The van der Waals surface area contributed by atoms with Gasteiger partial charge in [-0.05, 0) is 49.6 Å². The van der Waals surface area contributed by atoms with Crippen LogP contribution in [0, 0.1) is 0 Å². The second-order valence-electron chi connectivity index (χ2n) is 6.68. The van der Waals surface area contributed by atoms with Crippen LogP contribution in [0.5, 0.6) is 0 Å². The van der Waals surface area contributed by atoms with Gasteiger partial charge in [-0.25, -0.2) is 0 Å². The highest BCUT2D eigenvalue weighted by molar-refractivity contribution is 8.13. The SMILES string of the molecule is C=C.CC.CC/C(=C\C=C/CNC(=O)c1ccc2occc2c1)C1(C)CCSC(N)=N1. The molecular formula is C25H35N3O2S. The van der Waals surface area contributed by atoms with E-state index in [0.29, 0.717) is 17.3 Å². The van der Waals surface area contributed by atoms with Gasteiger partial charge in [-0.1, -0.05) is 50.8 Å². The monoisotopic (exact) mass is 441 g/mol. The third-order valence-corrected chi connectivity index (χ3v) is 5.59. The molecule has 3 rings (SSSR count). The van der Waals surface area contributed by atoms with Gasteiger partial charge in [-0.15, -0.1) is 13.2 Å². The fourth-order valence-electron chi connectivity index (χ4n) is 3.21. The number of amidine groups is 1. The number of nitrogens with two attached hydrogens (primary N) is 1. The first-order valence-electron chi connectivity index (χ1n) is 10.6. The summed E-state index contributed by atoms with van der Waals surface area (Å²) in [5.41, 5.74) is 8.34. The number of hydrogen-bond donors (Lipinski definition) is 2. The van der Waals surface area contributed by atoms with Crippen molar-refractivity contribution >= 4 is 33.8 Å². The molecule has 1 aromatic heterocycles. The van der Waals surface area contributed by atoms with E-state index in [1.807, 2.05) is 44.2 Å². The van der Waals surface area contributed by atoms with Gasteiger partial charge >= 0.3 is 0 Å². The summed E-state index contributed by atoms with van der Waals surface area (Å²) in [6, 6.07) is 7.26. The summed E-state index contributed by atoms with van der Waals surface area (Å²) in [5.74, 6) is 0.889. The summed E-state index contributed by atoms with van der Waals surface area (Å²) in [5, 5.41) is 4.49. The number of carbonyl (C=O) groups excluding carboxylic acids is 1. The van der Waals surface area contributed by atoms with Crippen molar-refractivity contribution in [3.05, 3.63) is 73.1 Å². The van der Waals surface area contributed by atoms with Crippen molar-refractivity contribution in [2.45, 2.75) is 46.1 Å². The molecule has 1 unspecified atom stereocenters. The second-order valence-corrected chi connectivity index (χ2v) is 7.79. The van der Waals surface area contributed by atoms with Gasteiger partial charge in [0.1, 0.15) is 5.58 Å².